The van der Waals surface area contributed by atoms with E-state index in [1.165, 1.54) is 62.5 Å². The zero-order valence-electron chi connectivity index (χ0n) is 13.3. The molecule has 0 heterocycles. The summed E-state index contributed by atoms with van der Waals surface area (Å²) in [4.78, 5) is 0. The molecule has 1 fully saturated rings. The largest absolute Gasteiger partial charge is 0.314 e. The van der Waals surface area contributed by atoms with Crippen LogP contribution in [0, 0.1) is 12.8 Å². The summed E-state index contributed by atoms with van der Waals surface area (Å²) >= 11 is 0. The average Bonchev–Trinajstić information content (AvgIpc) is 2.95. The highest BCUT2D eigenvalue weighted by Gasteiger charge is 2.17. The van der Waals surface area contributed by atoms with Crippen LogP contribution in [0.1, 0.15) is 63.0 Å². The summed E-state index contributed by atoms with van der Waals surface area (Å²) < 4.78 is 0. The summed E-state index contributed by atoms with van der Waals surface area (Å²) in [6.07, 6.45) is 11.1. The third kappa shape index (κ3) is 5.28. The smallest absolute Gasteiger partial charge is 0.0108 e. The minimum Gasteiger partial charge on any atom is -0.314 e. The lowest BCUT2D eigenvalue weighted by atomic mass is 9.94. The Morgan fingerprint density at radius 3 is 2.75 bits per heavy atom. The molecule has 1 nitrogen and oxygen atoms in total. The van der Waals surface area contributed by atoms with E-state index in [0.29, 0.717) is 6.04 Å². The predicted molar refractivity (Wildman–Crippen MR) is 88.2 cm³/mol. The topological polar surface area (TPSA) is 12.0 Å². The highest BCUT2D eigenvalue weighted by Crippen LogP contribution is 2.29. The minimum absolute atomic E-state index is 0.664. The summed E-state index contributed by atoms with van der Waals surface area (Å²) in [5.74, 6) is 1.01. The minimum atomic E-state index is 0.664. The maximum Gasteiger partial charge on any atom is 0.0108 e. The van der Waals surface area contributed by atoms with Gasteiger partial charge in [0.2, 0.25) is 0 Å². The lowest BCUT2D eigenvalue weighted by molar-refractivity contribution is 0.402. The highest BCUT2D eigenvalue weighted by molar-refractivity contribution is 5.23. The molecule has 0 amide bonds. The number of hydrogen-bond donors (Lipinski definition) is 1. The number of nitrogens with one attached hydrogen (secondary N) is 1. The lowest BCUT2D eigenvalue weighted by Crippen LogP contribution is -2.32. The molecule has 1 N–H and O–H groups in total. The fraction of sp³-hybridized carbons (Fsp3) is 0.684. The van der Waals surface area contributed by atoms with Gasteiger partial charge in [-0.2, -0.15) is 0 Å². The summed E-state index contributed by atoms with van der Waals surface area (Å²) in [6, 6.07) is 9.67. The molecule has 0 bridgehead atoms. The van der Waals surface area contributed by atoms with Crippen LogP contribution in [0.3, 0.4) is 0 Å². The monoisotopic (exact) mass is 273 g/mol. The molecular weight excluding hydrogens is 242 g/mol. The van der Waals surface area contributed by atoms with Crippen LogP contribution in [0.25, 0.3) is 0 Å². The molecule has 112 valence electrons. The zero-order valence-corrected chi connectivity index (χ0v) is 13.3. The Labute approximate surface area is 125 Å². The molecule has 1 atom stereocenters. The van der Waals surface area contributed by atoms with Crippen molar-refractivity contribution in [2.45, 2.75) is 71.3 Å². The van der Waals surface area contributed by atoms with Crippen molar-refractivity contribution in [3.05, 3.63) is 35.4 Å². The van der Waals surface area contributed by atoms with Crippen molar-refractivity contribution in [2.75, 3.05) is 6.54 Å². The fourth-order valence-corrected chi connectivity index (χ4v) is 3.48. The van der Waals surface area contributed by atoms with Crippen LogP contribution < -0.4 is 5.32 Å². The van der Waals surface area contributed by atoms with Gasteiger partial charge in [0.05, 0.1) is 0 Å². The fourth-order valence-electron chi connectivity index (χ4n) is 3.48. The second-order valence-corrected chi connectivity index (χ2v) is 6.57. The van der Waals surface area contributed by atoms with Gasteiger partial charge in [-0.05, 0) is 50.6 Å². The quantitative estimate of drug-likeness (QED) is 0.712. The molecule has 0 radical (unpaired) electrons. The van der Waals surface area contributed by atoms with Gasteiger partial charge < -0.3 is 5.32 Å². The first kappa shape index (κ1) is 15.6. The first-order valence-corrected chi connectivity index (χ1v) is 8.57. The molecule has 1 aliphatic carbocycles. The molecule has 1 heteroatoms. The van der Waals surface area contributed by atoms with E-state index < -0.39 is 0 Å². The zero-order chi connectivity index (χ0) is 14.2. The van der Waals surface area contributed by atoms with E-state index in [9.17, 15) is 0 Å². The van der Waals surface area contributed by atoms with Crippen molar-refractivity contribution in [2.24, 2.45) is 5.92 Å². The number of benzene rings is 1. The van der Waals surface area contributed by atoms with E-state index in [4.69, 9.17) is 0 Å². The van der Waals surface area contributed by atoms with Crippen molar-refractivity contribution < 1.29 is 0 Å². The standard InChI is InChI=1S/C19H31N/c1-3-13-20-19(12-11-17-8-4-5-9-17)15-18-10-6-7-16(2)14-18/h6-7,10,14,17,19-20H,3-5,8-9,11-13,15H2,1-2H3. The summed E-state index contributed by atoms with van der Waals surface area (Å²) in [5.41, 5.74) is 2.87. The van der Waals surface area contributed by atoms with E-state index in [0.717, 1.165) is 12.5 Å². The Bertz CT molecular complexity index is 379. The molecule has 20 heavy (non-hydrogen) atoms. The Morgan fingerprint density at radius 1 is 1.25 bits per heavy atom. The average molecular weight is 273 g/mol. The SMILES string of the molecule is CCCNC(CCC1CCCC1)Cc1cccc(C)c1. The van der Waals surface area contributed by atoms with Crippen molar-refractivity contribution in [1.29, 1.82) is 0 Å². The van der Waals surface area contributed by atoms with E-state index in [1.54, 1.807) is 0 Å². The molecule has 1 unspecified atom stereocenters. The van der Waals surface area contributed by atoms with E-state index >= 15 is 0 Å². The molecular formula is C19H31N. The van der Waals surface area contributed by atoms with Crippen LogP contribution in [0.15, 0.2) is 24.3 Å². The van der Waals surface area contributed by atoms with Crippen molar-refractivity contribution in [3.63, 3.8) is 0 Å². The van der Waals surface area contributed by atoms with Crippen molar-refractivity contribution in [1.82, 2.24) is 5.32 Å². The van der Waals surface area contributed by atoms with Crippen molar-refractivity contribution in [3.8, 4) is 0 Å². The van der Waals surface area contributed by atoms with Gasteiger partial charge in [-0.1, -0.05) is 62.4 Å². The molecule has 1 aromatic rings. The van der Waals surface area contributed by atoms with Crippen LogP contribution in [-0.2, 0) is 6.42 Å². The van der Waals surface area contributed by atoms with E-state index in [2.05, 4.69) is 43.4 Å². The molecule has 0 spiro atoms. The molecule has 1 aromatic carbocycles. The Kier molecular flexibility index (Phi) is 6.59. The maximum atomic E-state index is 3.76. The third-order valence-corrected chi connectivity index (χ3v) is 4.65. The Morgan fingerprint density at radius 2 is 2.05 bits per heavy atom. The third-order valence-electron chi connectivity index (χ3n) is 4.65. The molecule has 1 aliphatic rings. The van der Waals surface area contributed by atoms with Gasteiger partial charge in [-0.15, -0.1) is 0 Å². The summed E-state index contributed by atoms with van der Waals surface area (Å²) in [6.45, 7) is 5.60. The van der Waals surface area contributed by atoms with Gasteiger partial charge in [0, 0.05) is 6.04 Å². The van der Waals surface area contributed by atoms with Gasteiger partial charge in [0.25, 0.3) is 0 Å². The Balaban J connectivity index is 1.85. The van der Waals surface area contributed by atoms with E-state index in [1.807, 2.05) is 0 Å². The van der Waals surface area contributed by atoms with Crippen LogP contribution in [0.5, 0.6) is 0 Å². The normalized spacial score (nSPS) is 17.5. The highest BCUT2D eigenvalue weighted by atomic mass is 14.9. The molecule has 1 saturated carbocycles. The summed E-state index contributed by atoms with van der Waals surface area (Å²) in [7, 11) is 0. The first-order valence-electron chi connectivity index (χ1n) is 8.57. The van der Waals surface area contributed by atoms with Crippen LogP contribution in [-0.4, -0.2) is 12.6 Å². The lowest BCUT2D eigenvalue weighted by Gasteiger charge is -2.20. The van der Waals surface area contributed by atoms with Gasteiger partial charge in [-0.3, -0.25) is 0 Å². The summed E-state index contributed by atoms with van der Waals surface area (Å²) in [5, 5.41) is 3.76. The second-order valence-electron chi connectivity index (χ2n) is 6.57. The maximum absolute atomic E-state index is 3.76. The molecule has 0 saturated heterocycles. The molecule has 0 aliphatic heterocycles. The molecule has 2 rings (SSSR count). The van der Waals surface area contributed by atoms with Crippen LogP contribution in [0.4, 0.5) is 0 Å². The molecule has 0 aromatic heterocycles. The number of rotatable bonds is 8. The van der Waals surface area contributed by atoms with Gasteiger partial charge >= 0.3 is 0 Å². The predicted octanol–water partition coefficient (Wildman–Crippen LogP) is 4.88. The van der Waals surface area contributed by atoms with Gasteiger partial charge in [-0.25, -0.2) is 0 Å². The van der Waals surface area contributed by atoms with Crippen molar-refractivity contribution >= 4 is 0 Å². The number of hydrogen-bond acceptors (Lipinski definition) is 1. The number of aryl methyl sites for hydroxylation is 1. The van der Waals surface area contributed by atoms with Crippen LogP contribution >= 0.6 is 0 Å². The van der Waals surface area contributed by atoms with Gasteiger partial charge in [0.15, 0.2) is 0 Å². The first-order chi connectivity index (χ1) is 9.78. The Hall–Kier alpha value is -0.820. The van der Waals surface area contributed by atoms with E-state index in [-0.39, 0.29) is 0 Å². The second kappa shape index (κ2) is 8.46. The van der Waals surface area contributed by atoms with Crippen LogP contribution in [0.2, 0.25) is 0 Å². The van der Waals surface area contributed by atoms with Gasteiger partial charge in [0.1, 0.15) is 0 Å².